The van der Waals surface area contributed by atoms with Gasteiger partial charge >= 0.3 is 5.97 Å². The number of aliphatic carboxylic acids is 1. The highest BCUT2D eigenvalue weighted by Gasteiger charge is 2.30. The van der Waals surface area contributed by atoms with E-state index in [4.69, 9.17) is 20.0 Å². The van der Waals surface area contributed by atoms with Gasteiger partial charge in [-0.05, 0) is 66.6 Å². The first-order valence-electron chi connectivity index (χ1n) is 14.0. The molecule has 10 nitrogen and oxygen atoms in total. The van der Waals surface area contributed by atoms with Crippen molar-refractivity contribution < 1.29 is 29.0 Å². The standard InChI is InChI=1S/C31H40N4O6.BrH/c1-6-40-27-13-20-16-35(29(32)24(20)15-25(27)30(39)33-5)17-26(36)19-11-21(31(2,3)4)14-22(12-19)34-9-7-23(8-10-34)41-18-28(37)38;/h11-15,23,32H,6-10,16-18H2,1-5H3,(H,33,39)(H,37,38);1H. The number of amidine groups is 1. The Hall–Kier alpha value is -3.44. The number of piperidine rings is 1. The first-order valence-corrected chi connectivity index (χ1v) is 14.0. The molecule has 2 heterocycles. The number of rotatable bonds is 10. The van der Waals surface area contributed by atoms with E-state index >= 15 is 0 Å². The van der Waals surface area contributed by atoms with Gasteiger partial charge in [-0.2, -0.15) is 0 Å². The molecule has 1 fully saturated rings. The van der Waals surface area contributed by atoms with Gasteiger partial charge in [-0.3, -0.25) is 15.0 Å². The van der Waals surface area contributed by atoms with Gasteiger partial charge in [0.05, 0.1) is 24.8 Å². The minimum atomic E-state index is -0.968. The van der Waals surface area contributed by atoms with Gasteiger partial charge in [0.2, 0.25) is 0 Å². The molecule has 0 spiro atoms. The normalized spacial score (nSPS) is 15.2. The first-order chi connectivity index (χ1) is 19.4. The molecule has 11 heteroatoms. The molecular formula is C31H41BrN4O6. The zero-order valence-electron chi connectivity index (χ0n) is 24.9. The summed E-state index contributed by atoms with van der Waals surface area (Å²) in [6.45, 7) is 10.1. The van der Waals surface area contributed by atoms with Crippen molar-refractivity contribution in [1.82, 2.24) is 10.2 Å². The smallest absolute Gasteiger partial charge is 0.329 e. The molecule has 1 amide bonds. The van der Waals surface area contributed by atoms with Crippen molar-refractivity contribution in [2.75, 3.05) is 44.8 Å². The number of hydrogen-bond acceptors (Lipinski definition) is 7. The van der Waals surface area contributed by atoms with Crippen molar-refractivity contribution in [3.63, 3.8) is 0 Å². The van der Waals surface area contributed by atoms with Crippen LogP contribution in [0.5, 0.6) is 5.75 Å². The lowest BCUT2D eigenvalue weighted by Crippen LogP contribution is -2.38. The van der Waals surface area contributed by atoms with Gasteiger partial charge in [-0.15, -0.1) is 17.0 Å². The van der Waals surface area contributed by atoms with Crippen LogP contribution in [0.25, 0.3) is 0 Å². The number of carbonyl (C=O) groups is 3. The van der Waals surface area contributed by atoms with Crippen LogP contribution < -0.4 is 15.0 Å². The third-order valence-corrected chi connectivity index (χ3v) is 7.60. The Bertz CT molecular complexity index is 1350. The zero-order valence-corrected chi connectivity index (χ0v) is 26.6. The second kappa shape index (κ2) is 13.7. The van der Waals surface area contributed by atoms with Gasteiger partial charge in [0.25, 0.3) is 5.91 Å². The lowest BCUT2D eigenvalue weighted by atomic mass is 9.85. The predicted octanol–water partition coefficient (Wildman–Crippen LogP) is 4.41. The number of Topliss-reactive ketones (excluding diaryl/α,β-unsaturated/α-hetero) is 1. The second-order valence-corrected chi connectivity index (χ2v) is 11.6. The average Bonchev–Trinajstić information content (AvgIpc) is 3.24. The Morgan fingerprint density at radius 2 is 1.79 bits per heavy atom. The van der Waals surface area contributed by atoms with Gasteiger partial charge in [-0.1, -0.05) is 20.8 Å². The third kappa shape index (κ3) is 7.49. The van der Waals surface area contributed by atoms with Gasteiger partial charge in [0.15, 0.2) is 5.78 Å². The SMILES string of the molecule is Br.CCOc1cc2c(cc1C(=O)NC)C(=N)N(CC(=O)c1cc(N3CCC(OCC(=O)O)CC3)cc(C(C)(C)C)c1)C2. The number of carboxylic acid groups (broad SMARTS) is 1. The fourth-order valence-corrected chi connectivity index (χ4v) is 5.27. The molecule has 0 aliphatic carbocycles. The van der Waals surface area contributed by atoms with Crippen LogP contribution >= 0.6 is 17.0 Å². The number of anilines is 1. The van der Waals surface area contributed by atoms with Crippen LogP contribution in [0.4, 0.5) is 5.69 Å². The monoisotopic (exact) mass is 644 g/mol. The number of fused-ring (bicyclic) bond motifs is 1. The van der Waals surface area contributed by atoms with Crippen LogP contribution in [-0.4, -0.2) is 79.5 Å². The van der Waals surface area contributed by atoms with Crippen LogP contribution in [-0.2, 0) is 21.5 Å². The van der Waals surface area contributed by atoms with Crippen molar-refractivity contribution in [1.29, 1.82) is 5.41 Å². The predicted molar refractivity (Wildman–Crippen MR) is 167 cm³/mol. The molecular weight excluding hydrogens is 604 g/mol. The van der Waals surface area contributed by atoms with Gasteiger partial charge in [-0.25, -0.2) is 4.79 Å². The molecule has 0 saturated carbocycles. The van der Waals surface area contributed by atoms with E-state index in [1.54, 1.807) is 24.1 Å². The summed E-state index contributed by atoms with van der Waals surface area (Å²) >= 11 is 0. The topological polar surface area (TPSA) is 132 Å². The molecule has 1 saturated heterocycles. The number of carboxylic acids is 1. The summed E-state index contributed by atoms with van der Waals surface area (Å²) in [5.41, 5.74) is 4.23. The molecule has 2 aliphatic rings. The third-order valence-electron chi connectivity index (χ3n) is 7.60. The maximum absolute atomic E-state index is 13.7. The molecule has 42 heavy (non-hydrogen) atoms. The summed E-state index contributed by atoms with van der Waals surface area (Å²) in [7, 11) is 1.55. The van der Waals surface area contributed by atoms with Crippen molar-refractivity contribution in [2.24, 2.45) is 0 Å². The molecule has 3 N–H and O–H groups in total. The second-order valence-electron chi connectivity index (χ2n) is 11.6. The summed E-state index contributed by atoms with van der Waals surface area (Å²) in [6.07, 6.45) is 1.33. The van der Waals surface area contributed by atoms with E-state index in [-0.39, 0.29) is 59.2 Å². The highest BCUT2D eigenvalue weighted by Crippen LogP contribution is 2.33. The number of nitrogens with zero attached hydrogens (tertiary/aromatic N) is 2. The molecule has 0 atom stereocenters. The minimum Gasteiger partial charge on any atom is -0.493 e. The molecule has 4 rings (SSSR count). The summed E-state index contributed by atoms with van der Waals surface area (Å²) < 4.78 is 11.2. The molecule has 0 radical (unpaired) electrons. The summed E-state index contributed by atoms with van der Waals surface area (Å²) in [5.74, 6) is -0.679. The maximum atomic E-state index is 13.7. The highest BCUT2D eigenvalue weighted by atomic mass is 79.9. The Morgan fingerprint density at radius 3 is 2.38 bits per heavy atom. The van der Waals surface area contributed by atoms with Crippen LogP contribution in [0.3, 0.4) is 0 Å². The molecule has 228 valence electrons. The van der Waals surface area contributed by atoms with Crippen molar-refractivity contribution in [3.05, 3.63) is 58.1 Å². The van der Waals surface area contributed by atoms with Crippen LogP contribution in [0.15, 0.2) is 30.3 Å². The molecule has 2 aliphatic heterocycles. The van der Waals surface area contributed by atoms with E-state index in [1.165, 1.54) is 0 Å². The Kier molecular flexibility index (Phi) is 10.8. The van der Waals surface area contributed by atoms with Gasteiger partial charge in [0.1, 0.15) is 18.2 Å². The first kappa shape index (κ1) is 33.1. The van der Waals surface area contributed by atoms with Crippen LogP contribution in [0.1, 0.15) is 77.9 Å². The largest absolute Gasteiger partial charge is 0.493 e. The average molecular weight is 646 g/mol. The molecule has 2 aromatic rings. The Labute approximate surface area is 257 Å². The van der Waals surface area contributed by atoms with Crippen molar-refractivity contribution in [3.8, 4) is 5.75 Å². The Balaban J connectivity index is 0.00000484. The van der Waals surface area contributed by atoms with E-state index in [0.29, 0.717) is 61.5 Å². The lowest BCUT2D eigenvalue weighted by Gasteiger charge is -2.34. The minimum absolute atomic E-state index is 0. The maximum Gasteiger partial charge on any atom is 0.329 e. The molecule has 0 bridgehead atoms. The summed E-state index contributed by atoms with van der Waals surface area (Å²) in [4.78, 5) is 40.9. The molecule has 0 unspecified atom stereocenters. The number of hydrogen-bond donors (Lipinski definition) is 3. The van der Waals surface area contributed by atoms with E-state index in [2.05, 4.69) is 37.1 Å². The van der Waals surface area contributed by atoms with E-state index in [1.807, 2.05) is 19.1 Å². The molecule has 2 aromatic carbocycles. The van der Waals surface area contributed by atoms with E-state index < -0.39 is 5.97 Å². The number of ether oxygens (including phenoxy) is 2. The van der Waals surface area contributed by atoms with Gasteiger partial charge in [0, 0.05) is 43.5 Å². The quantitative estimate of drug-likeness (QED) is 0.324. The van der Waals surface area contributed by atoms with Crippen molar-refractivity contribution in [2.45, 2.75) is 58.6 Å². The summed E-state index contributed by atoms with van der Waals surface area (Å²) in [5, 5.41) is 20.3. The Morgan fingerprint density at radius 1 is 1.10 bits per heavy atom. The number of benzene rings is 2. The van der Waals surface area contributed by atoms with Gasteiger partial charge < -0.3 is 29.7 Å². The van der Waals surface area contributed by atoms with E-state index in [9.17, 15) is 14.4 Å². The zero-order chi connectivity index (χ0) is 29.9. The molecule has 0 aromatic heterocycles. The van der Waals surface area contributed by atoms with Crippen LogP contribution in [0, 0.1) is 5.41 Å². The summed E-state index contributed by atoms with van der Waals surface area (Å²) in [6, 6.07) is 9.45. The van der Waals surface area contributed by atoms with Crippen LogP contribution in [0.2, 0.25) is 0 Å². The number of halogens is 1. The highest BCUT2D eigenvalue weighted by molar-refractivity contribution is 8.93. The van der Waals surface area contributed by atoms with E-state index in [0.717, 1.165) is 16.8 Å². The number of nitrogens with one attached hydrogen (secondary N) is 2. The lowest BCUT2D eigenvalue weighted by molar-refractivity contribution is -0.144. The fraction of sp³-hybridized carbons (Fsp3) is 0.484. The number of ketones is 1. The van der Waals surface area contributed by atoms with Crippen molar-refractivity contribution >= 4 is 46.2 Å². The number of carbonyl (C=O) groups excluding carboxylic acids is 2. The fourth-order valence-electron chi connectivity index (χ4n) is 5.27. The number of amides is 1.